The zero-order chi connectivity index (χ0) is 18.4. The molecule has 138 valence electrons. The summed E-state index contributed by atoms with van der Waals surface area (Å²) in [5, 5.41) is 6.64. The van der Waals surface area contributed by atoms with Crippen LogP contribution in [0.1, 0.15) is 24.1 Å². The molecule has 0 spiro atoms. The number of benzene rings is 1. The topological polar surface area (TPSA) is 84.7 Å². The van der Waals surface area contributed by atoms with Gasteiger partial charge in [-0.15, -0.1) is 0 Å². The number of likely N-dealkylation sites (tertiary alicyclic amines) is 1. The van der Waals surface area contributed by atoms with Crippen LogP contribution in [0.5, 0.6) is 5.75 Å². The highest BCUT2D eigenvalue weighted by Crippen LogP contribution is 2.19. The van der Waals surface area contributed by atoms with Gasteiger partial charge in [0.25, 0.3) is 0 Å². The summed E-state index contributed by atoms with van der Waals surface area (Å²) in [6.07, 6.45) is 3.22. The third kappa shape index (κ3) is 4.62. The zero-order valence-corrected chi connectivity index (χ0v) is 14.8. The molecule has 1 N–H and O–H groups in total. The summed E-state index contributed by atoms with van der Waals surface area (Å²) in [5.41, 5.74) is 1.82. The molecule has 0 radical (unpaired) electrons. The van der Waals surface area contributed by atoms with Crippen molar-refractivity contribution in [1.29, 1.82) is 0 Å². The number of nitrogens with one attached hydrogen (secondary N) is 1. The molecule has 1 aromatic heterocycles. The number of amides is 2. The maximum Gasteiger partial charge on any atom is 0.225 e. The van der Waals surface area contributed by atoms with Gasteiger partial charge in [0.1, 0.15) is 17.7 Å². The Labute approximate surface area is 152 Å². The van der Waals surface area contributed by atoms with Crippen molar-refractivity contribution >= 4 is 11.8 Å². The Bertz CT molecular complexity index is 728. The molecule has 1 fully saturated rings. The lowest BCUT2D eigenvalue weighted by molar-refractivity contribution is -0.138. The van der Waals surface area contributed by atoms with Gasteiger partial charge in [0, 0.05) is 25.6 Å². The Kier molecular flexibility index (Phi) is 5.88. The summed E-state index contributed by atoms with van der Waals surface area (Å²) in [6, 6.07) is 9.53. The lowest BCUT2D eigenvalue weighted by Crippen LogP contribution is -2.46. The lowest BCUT2D eigenvalue weighted by Gasteiger charge is -2.32. The van der Waals surface area contributed by atoms with Crippen LogP contribution in [0.3, 0.4) is 0 Å². The average molecular weight is 357 g/mol. The summed E-state index contributed by atoms with van der Waals surface area (Å²) in [7, 11) is 1.63. The quantitative estimate of drug-likeness (QED) is 0.816. The number of carbonyl (C=O) groups excluding carboxylic acids is 2. The van der Waals surface area contributed by atoms with Crippen LogP contribution in [0.4, 0.5) is 0 Å². The van der Waals surface area contributed by atoms with Crippen LogP contribution in [0.15, 0.2) is 41.1 Å². The number of methoxy groups -OCH3 is 1. The summed E-state index contributed by atoms with van der Waals surface area (Å²) >= 11 is 0. The van der Waals surface area contributed by atoms with E-state index in [9.17, 15) is 9.59 Å². The van der Waals surface area contributed by atoms with Crippen molar-refractivity contribution in [3.8, 4) is 5.75 Å². The summed E-state index contributed by atoms with van der Waals surface area (Å²) < 4.78 is 9.90. The number of aromatic nitrogens is 1. The Morgan fingerprint density at radius 2 is 2.15 bits per heavy atom. The van der Waals surface area contributed by atoms with Crippen molar-refractivity contribution in [1.82, 2.24) is 15.4 Å². The van der Waals surface area contributed by atoms with Crippen molar-refractivity contribution in [3.63, 3.8) is 0 Å². The average Bonchev–Trinajstić information content (AvgIpc) is 3.19. The van der Waals surface area contributed by atoms with Crippen LogP contribution in [0.25, 0.3) is 0 Å². The minimum atomic E-state index is -0.185. The minimum absolute atomic E-state index is 0.0463. The molecular weight excluding hydrogens is 334 g/mol. The first-order chi connectivity index (χ1) is 12.7. The Morgan fingerprint density at radius 1 is 1.35 bits per heavy atom. The summed E-state index contributed by atoms with van der Waals surface area (Å²) in [4.78, 5) is 26.3. The fourth-order valence-electron chi connectivity index (χ4n) is 3.05. The summed E-state index contributed by atoms with van der Waals surface area (Å²) in [5.74, 6) is 0.691. The molecule has 1 aromatic carbocycles. The molecule has 26 heavy (non-hydrogen) atoms. The van der Waals surface area contributed by atoms with E-state index in [0.29, 0.717) is 38.2 Å². The predicted octanol–water partition coefficient (Wildman–Crippen LogP) is 1.78. The highest BCUT2D eigenvalue weighted by molar-refractivity contribution is 5.83. The van der Waals surface area contributed by atoms with Gasteiger partial charge >= 0.3 is 0 Å². The normalized spacial score (nSPS) is 17.2. The van der Waals surface area contributed by atoms with Crippen molar-refractivity contribution in [3.05, 3.63) is 47.9 Å². The molecule has 1 aliphatic rings. The second kappa shape index (κ2) is 8.51. The van der Waals surface area contributed by atoms with E-state index in [1.807, 2.05) is 24.3 Å². The van der Waals surface area contributed by atoms with E-state index in [1.54, 1.807) is 18.1 Å². The third-order valence-corrected chi connectivity index (χ3v) is 4.64. The molecule has 7 heteroatoms. The van der Waals surface area contributed by atoms with Crippen LogP contribution in [-0.4, -0.2) is 42.1 Å². The highest BCUT2D eigenvalue weighted by Gasteiger charge is 2.29. The van der Waals surface area contributed by atoms with Crippen molar-refractivity contribution in [2.45, 2.75) is 25.8 Å². The zero-order valence-electron chi connectivity index (χ0n) is 14.8. The molecule has 2 heterocycles. The molecule has 1 unspecified atom stereocenters. The Balaban J connectivity index is 1.50. The molecule has 3 rings (SSSR count). The first-order valence-electron chi connectivity index (χ1n) is 8.73. The maximum absolute atomic E-state index is 12.4. The second-order valence-electron chi connectivity index (χ2n) is 6.38. The number of nitrogens with zero attached hydrogens (tertiary/aromatic N) is 2. The van der Waals surface area contributed by atoms with Crippen LogP contribution in [0, 0.1) is 5.92 Å². The smallest absolute Gasteiger partial charge is 0.225 e. The van der Waals surface area contributed by atoms with Gasteiger partial charge in [-0.05, 0) is 30.5 Å². The monoisotopic (exact) mass is 357 g/mol. The van der Waals surface area contributed by atoms with Crippen molar-refractivity contribution in [2.75, 3.05) is 20.2 Å². The van der Waals surface area contributed by atoms with E-state index >= 15 is 0 Å². The Morgan fingerprint density at radius 3 is 2.85 bits per heavy atom. The van der Waals surface area contributed by atoms with Gasteiger partial charge in [-0.25, -0.2) is 0 Å². The van der Waals surface area contributed by atoms with E-state index in [0.717, 1.165) is 17.7 Å². The van der Waals surface area contributed by atoms with Gasteiger partial charge in [-0.3, -0.25) is 9.59 Å². The van der Waals surface area contributed by atoms with Gasteiger partial charge in [0.15, 0.2) is 0 Å². The van der Waals surface area contributed by atoms with Crippen LogP contribution in [-0.2, 0) is 22.6 Å². The standard InChI is InChI=1S/C19H23N3O4/c1-25-17-5-2-14(3-6-17)8-10-22-13-15(4-7-18(22)23)19(24)20-12-16-9-11-26-21-16/h2-3,5-6,9,11,15H,4,7-8,10,12-13H2,1H3,(H,20,24). The first kappa shape index (κ1) is 18.0. The van der Waals surface area contributed by atoms with E-state index < -0.39 is 0 Å². The molecule has 7 nitrogen and oxygen atoms in total. The van der Waals surface area contributed by atoms with Crippen molar-refractivity contribution in [2.24, 2.45) is 5.92 Å². The van der Waals surface area contributed by atoms with Crippen LogP contribution >= 0.6 is 0 Å². The fourth-order valence-corrected chi connectivity index (χ4v) is 3.05. The molecule has 1 aliphatic heterocycles. The molecule has 2 amide bonds. The lowest BCUT2D eigenvalue weighted by atomic mass is 9.96. The van der Waals surface area contributed by atoms with E-state index in [1.165, 1.54) is 6.26 Å². The van der Waals surface area contributed by atoms with E-state index in [4.69, 9.17) is 9.26 Å². The minimum Gasteiger partial charge on any atom is -0.497 e. The molecule has 0 saturated carbocycles. The Hall–Kier alpha value is -2.83. The van der Waals surface area contributed by atoms with Gasteiger partial charge in [0.05, 0.1) is 19.6 Å². The number of rotatable bonds is 7. The van der Waals surface area contributed by atoms with Crippen molar-refractivity contribution < 1.29 is 18.8 Å². The van der Waals surface area contributed by atoms with E-state index in [-0.39, 0.29) is 17.7 Å². The fraction of sp³-hybridized carbons (Fsp3) is 0.421. The third-order valence-electron chi connectivity index (χ3n) is 4.64. The number of hydrogen-bond acceptors (Lipinski definition) is 5. The van der Waals surface area contributed by atoms with Crippen LogP contribution in [0.2, 0.25) is 0 Å². The first-order valence-corrected chi connectivity index (χ1v) is 8.73. The van der Waals surface area contributed by atoms with Gasteiger partial charge in [-0.1, -0.05) is 17.3 Å². The van der Waals surface area contributed by atoms with Gasteiger partial charge in [-0.2, -0.15) is 0 Å². The number of ether oxygens (including phenoxy) is 1. The highest BCUT2D eigenvalue weighted by atomic mass is 16.5. The van der Waals surface area contributed by atoms with Gasteiger partial charge < -0.3 is 19.5 Å². The largest absolute Gasteiger partial charge is 0.497 e. The van der Waals surface area contributed by atoms with E-state index in [2.05, 4.69) is 10.5 Å². The molecule has 2 aromatic rings. The van der Waals surface area contributed by atoms with Crippen LogP contribution < -0.4 is 10.1 Å². The molecule has 0 aliphatic carbocycles. The molecular formula is C19H23N3O4. The summed E-state index contributed by atoms with van der Waals surface area (Å²) in [6.45, 7) is 1.41. The number of carbonyl (C=O) groups is 2. The number of piperidine rings is 1. The SMILES string of the molecule is COc1ccc(CCN2CC(C(=O)NCc3ccon3)CCC2=O)cc1. The predicted molar refractivity (Wildman–Crippen MR) is 94.4 cm³/mol. The molecule has 0 bridgehead atoms. The maximum atomic E-state index is 12.4. The molecule has 1 atom stereocenters. The second-order valence-corrected chi connectivity index (χ2v) is 6.38. The van der Waals surface area contributed by atoms with Gasteiger partial charge in [0.2, 0.25) is 11.8 Å². The number of hydrogen-bond donors (Lipinski definition) is 1. The molecule has 1 saturated heterocycles.